The largest absolute Gasteiger partial charge is 0.273 e. The molecule has 4 rings (SSSR count). The minimum Gasteiger partial charge on any atom is -0.273 e. The fourth-order valence-electron chi connectivity index (χ4n) is 3.65. The number of benzene rings is 1. The van der Waals surface area contributed by atoms with E-state index >= 15 is 0 Å². The highest BCUT2D eigenvalue weighted by Crippen LogP contribution is 2.44. The van der Waals surface area contributed by atoms with Gasteiger partial charge < -0.3 is 0 Å². The average molecular weight is 322 g/mol. The van der Waals surface area contributed by atoms with Crippen molar-refractivity contribution in [1.29, 1.82) is 0 Å². The van der Waals surface area contributed by atoms with Gasteiger partial charge in [0.2, 0.25) is 5.91 Å². The van der Waals surface area contributed by atoms with Gasteiger partial charge in [-0.25, -0.2) is 5.01 Å². The van der Waals surface area contributed by atoms with Crippen LogP contribution in [0.2, 0.25) is 0 Å². The Bertz CT molecular complexity index is 767. The van der Waals surface area contributed by atoms with Gasteiger partial charge in [0.1, 0.15) is 0 Å². The molecule has 24 heavy (non-hydrogen) atoms. The zero-order valence-corrected chi connectivity index (χ0v) is 13.2. The molecule has 2 aromatic rings. The van der Waals surface area contributed by atoms with E-state index in [0.29, 0.717) is 5.82 Å². The molecule has 2 amide bonds. The number of aromatic nitrogens is 2. The van der Waals surface area contributed by atoms with E-state index in [0.717, 1.165) is 36.9 Å². The number of anilines is 1. The van der Waals surface area contributed by atoms with Crippen molar-refractivity contribution in [3.8, 4) is 11.3 Å². The predicted molar refractivity (Wildman–Crippen MR) is 88.6 cm³/mol. The molecule has 0 radical (unpaired) electrons. The van der Waals surface area contributed by atoms with Crippen molar-refractivity contribution in [2.45, 2.75) is 32.1 Å². The van der Waals surface area contributed by atoms with Gasteiger partial charge in [-0.1, -0.05) is 43.2 Å². The molecule has 1 spiro atoms. The lowest BCUT2D eigenvalue weighted by atomic mass is 9.80. The zero-order chi connectivity index (χ0) is 16.6. The molecular weight excluding hydrogens is 304 g/mol. The second-order valence-electron chi connectivity index (χ2n) is 6.48. The van der Waals surface area contributed by atoms with E-state index in [1.165, 1.54) is 5.01 Å². The number of nitrogens with one attached hydrogen (secondary N) is 1. The smallest absolute Gasteiger partial charge is 0.253 e. The molecule has 122 valence electrons. The molecule has 1 aliphatic heterocycles. The first-order valence-electron chi connectivity index (χ1n) is 8.21. The maximum absolute atomic E-state index is 12.9. The molecule has 1 saturated heterocycles. The molecule has 0 atom stereocenters. The van der Waals surface area contributed by atoms with Crippen LogP contribution in [0.15, 0.2) is 42.5 Å². The third-order valence-corrected chi connectivity index (χ3v) is 4.90. The number of rotatable bonds is 2. The van der Waals surface area contributed by atoms with E-state index in [1.807, 2.05) is 36.4 Å². The average Bonchev–Trinajstić information content (AvgIpc) is 3.08. The number of hydrogen-bond acceptors (Lipinski definition) is 4. The molecule has 0 bridgehead atoms. The predicted octanol–water partition coefficient (Wildman–Crippen LogP) is 2.47. The summed E-state index contributed by atoms with van der Waals surface area (Å²) in [6.07, 6.45) is 3.80. The fraction of sp³-hybridized carbons (Fsp3) is 0.333. The van der Waals surface area contributed by atoms with E-state index in [-0.39, 0.29) is 18.2 Å². The van der Waals surface area contributed by atoms with Crippen LogP contribution in [-0.4, -0.2) is 22.0 Å². The first-order valence-corrected chi connectivity index (χ1v) is 8.21. The molecule has 1 aromatic heterocycles. The molecule has 6 nitrogen and oxygen atoms in total. The topological polar surface area (TPSA) is 75.2 Å². The molecule has 0 unspecified atom stereocenters. The Kier molecular flexibility index (Phi) is 3.52. The summed E-state index contributed by atoms with van der Waals surface area (Å²) in [5.41, 5.74) is 3.77. The lowest BCUT2D eigenvalue weighted by Crippen LogP contribution is -2.59. The SMILES string of the molecule is O=C1CC2(CCCC2)C(=O)N(c2ccc(-c3ccccc3)nn2)N1. The van der Waals surface area contributed by atoms with E-state index in [2.05, 4.69) is 15.6 Å². The number of nitrogens with zero attached hydrogens (tertiary/aromatic N) is 3. The molecule has 1 aliphatic carbocycles. The Balaban J connectivity index is 1.63. The highest BCUT2D eigenvalue weighted by atomic mass is 16.2. The maximum atomic E-state index is 12.9. The second kappa shape index (κ2) is 5.70. The summed E-state index contributed by atoms with van der Waals surface area (Å²) in [6, 6.07) is 13.2. The van der Waals surface area contributed by atoms with E-state index < -0.39 is 5.41 Å². The molecule has 2 aliphatic rings. The minimum absolute atomic E-state index is 0.0682. The summed E-state index contributed by atoms with van der Waals surface area (Å²) >= 11 is 0. The quantitative estimate of drug-likeness (QED) is 0.921. The van der Waals surface area contributed by atoms with Crippen molar-refractivity contribution < 1.29 is 9.59 Å². The normalized spacial score (nSPS) is 19.6. The molecule has 1 N–H and O–H groups in total. The third kappa shape index (κ3) is 2.44. The van der Waals surface area contributed by atoms with Crippen LogP contribution in [0.1, 0.15) is 32.1 Å². The van der Waals surface area contributed by atoms with E-state index in [4.69, 9.17) is 0 Å². The van der Waals surface area contributed by atoms with Crippen molar-refractivity contribution in [2.75, 3.05) is 5.01 Å². The van der Waals surface area contributed by atoms with E-state index in [1.54, 1.807) is 6.07 Å². The summed E-state index contributed by atoms with van der Waals surface area (Å²) in [4.78, 5) is 25.0. The van der Waals surface area contributed by atoms with Gasteiger partial charge in [-0.05, 0) is 25.0 Å². The molecule has 6 heteroatoms. The van der Waals surface area contributed by atoms with Gasteiger partial charge in [0.25, 0.3) is 5.91 Å². The lowest BCUT2D eigenvalue weighted by molar-refractivity contribution is -0.140. The first kappa shape index (κ1) is 14.8. The fourth-order valence-corrected chi connectivity index (χ4v) is 3.65. The minimum atomic E-state index is -0.553. The summed E-state index contributed by atoms with van der Waals surface area (Å²) < 4.78 is 0. The first-order chi connectivity index (χ1) is 11.7. The highest BCUT2D eigenvalue weighted by molar-refractivity contribution is 6.04. The van der Waals surface area contributed by atoms with Crippen LogP contribution >= 0.6 is 0 Å². The summed E-state index contributed by atoms with van der Waals surface area (Å²) in [7, 11) is 0. The van der Waals surface area contributed by atoms with Crippen LogP contribution in [0.3, 0.4) is 0 Å². The van der Waals surface area contributed by atoms with Crippen molar-refractivity contribution >= 4 is 17.6 Å². The zero-order valence-electron chi connectivity index (χ0n) is 13.2. The number of hydrogen-bond donors (Lipinski definition) is 1. The standard InChI is InChI=1S/C18H18N4O2/c23-16-12-18(10-4-5-11-18)17(24)22(21-16)15-9-8-14(19-20-15)13-6-2-1-3-7-13/h1-3,6-9H,4-5,10-12H2,(H,21,23). The third-order valence-electron chi connectivity index (χ3n) is 4.90. The molecule has 1 saturated carbocycles. The van der Waals surface area contributed by atoms with Crippen molar-refractivity contribution in [2.24, 2.45) is 5.41 Å². The van der Waals surface area contributed by atoms with Crippen molar-refractivity contribution in [1.82, 2.24) is 15.6 Å². The number of carbonyl (C=O) groups excluding carboxylic acids is 2. The molecule has 2 heterocycles. The van der Waals surface area contributed by atoms with Gasteiger partial charge in [0.05, 0.1) is 11.1 Å². The Morgan fingerprint density at radius 3 is 2.38 bits per heavy atom. The van der Waals surface area contributed by atoms with Crippen molar-refractivity contribution in [3.05, 3.63) is 42.5 Å². The highest BCUT2D eigenvalue weighted by Gasteiger charge is 2.49. The van der Waals surface area contributed by atoms with Gasteiger partial charge in [0, 0.05) is 12.0 Å². The Hall–Kier alpha value is -2.76. The van der Waals surface area contributed by atoms with Crippen LogP contribution < -0.4 is 10.4 Å². The second-order valence-corrected chi connectivity index (χ2v) is 6.48. The Morgan fingerprint density at radius 2 is 1.71 bits per heavy atom. The van der Waals surface area contributed by atoms with Crippen LogP contribution in [0.5, 0.6) is 0 Å². The van der Waals surface area contributed by atoms with Crippen LogP contribution in [0.25, 0.3) is 11.3 Å². The van der Waals surface area contributed by atoms with Crippen LogP contribution in [0, 0.1) is 5.41 Å². The summed E-state index contributed by atoms with van der Waals surface area (Å²) in [5, 5.41) is 9.64. The lowest BCUT2D eigenvalue weighted by Gasteiger charge is -2.37. The van der Waals surface area contributed by atoms with E-state index in [9.17, 15) is 9.59 Å². The molecule has 1 aromatic carbocycles. The van der Waals surface area contributed by atoms with Gasteiger partial charge >= 0.3 is 0 Å². The molecule has 2 fully saturated rings. The summed E-state index contributed by atoms with van der Waals surface area (Å²) in [5.74, 6) is 0.158. The Morgan fingerprint density at radius 1 is 0.958 bits per heavy atom. The van der Waals surface area contributed by atoms with Gasteiger partial charge in [0.15, 0.2) is 5.82 Å². The van der Waals surface area contributed by atoms with Crippen LogP contribution in [0.4, 0.5) is 5.82 Å². The Labute approximate surface area is 139 Å². The van der Waals surface area contributed by atoms with Crippen LogP contribution in [-0.2, 0) is 9.59 Å². The van der Waals surface area contributed by atoms with Gasteiger partial charge in [-0.3, -0.25) is 15.0 Å². The van der Waals surface area contributed by atoms with Gasteiger partial charge in [-0.2, -0.15) is 0 Å². The van der Waals surface area contributed by atoms with Gasteiger partial charge in [-0.15, -0.1) is 10.2 Å². The monoisotopic (exact) mass is 322 g/mol. The molecular formula is C18H18N4O2. The number of carbonyl (C=O) groups is 2. The maximum Gasteiger partial charge on any atom is 0.253 e. The number of hydrazine groups is 1. The summed E-state index contributed by atoms with van der Waals surface area (Å²) in [6.45, 7) is 0. The van der Waals surface area contributed by atoms with Crippen molar-refractivity contribution in [3.63, 3.8) is 0 Å². The number of amides is 2.